The number of anilines is 1. The van der Waals surface area contributed by atoms with Gasteiger partial charge in [0.25, 0.3) is 11.8 Å². The molecule has 2 amide bonds. The van der Waals surface area contributed by atoms with E-state index >= 15 is 0 Å². The maximum absolute atomic E-state index is 12.9. The fraction of sp³-hybridized carbons (Fsp3) is 0.192. The van der Waals surface area contributed by atoms with Crippen molar-refractivity contribution in [1.29, 1.82) is 0 Å². The van der Waals surface area contributed by atoms with Crippen LogP contribution in [0.15, 0.2) is 61.2 Å². The van der Waals surface area contributed by atoms with Gasteiger partial charge in [-0.2, -0.15) is 10.2 Å². The van der Waals surface area contributed by atoms with E-state index in [4.69, 9.17) is 0 Å². The molecule has 174 valence electrons. The Bertz CT molecular complexity index is 1430. The van der Waals surface area contributed by atoms with E-state index in [1.807, 2.05) is 25.1 Å². The van der Waals surface area contributed by atoms with E-state index in [1.54, 1.807) is 50.0 Å². The van der Waals surface area contributed by atoms with Gasteiger partial charge >= 0.3 is 0 Å². The van der Waals surface area contributed by atoms with Crippen LogP contribution in [-0.2, 0) is 0 Å². The Morgan fingerprint density at radius 1 is 0.914 bits per heavy atom. The third-order valence-electron chi connectivity index (χ3n) is 5.87. The molecule has 0 bridgehead atoms. The molecule has 35 heavy (non-hydrogen) atoms. The molecule has 1 fully saturated rings. The average molecular weight is 466 g/mol. The van der Waals surface area contributed by atoms with Crippen LogP contribution in [-0.4, -0.2) is 44.0 Å². The number of pyridine rings is 3. The maximum atomic E-state index is 12.9. The van der Waals surface area contributed by atoms with Gasteiger partial charge in [0, 0.05) is 53.4 Å². The van der Waals surface area contributed by atoms with Gasteiger partial charge in [0.1, 0.15) is 5.69 Å². The molecule has 1 aliphatic rings. The Morgan fingerprint density at radius 3 is 2.54 bits per heavy atom. The average Bonchev–Trinajstić information content (AvgIpc) is 3.75. The Balaban J connectivity index is 1.42. The van der Waals surface area contributed by atoms with Crippen molar-refractivity contribution >= 4 is 17.5 Å². The molecule has 0 radical (unpaired) electrons. The van der Waals surface area contributed by atoms with E-state index < -0.39 is 0 Å². The van der Waals surface area contributed by atoms with Crippen molar-refractivity contribution in [2.75, 3.05) is 12.4 Å². The van der Waals surface area contributed by atoms with E-state index in [1.165, 1.54) is 0 Å². The predicted octanol–water partition coefficient (Wildman–Crippen LogP) is 3.79. The van der Waals surface area contributed by atoms with Gasteiger partial charge in [0.15, 0.2) is 0 Å². The molecule has 0 aromatic carbocycles. The third-order valence-corrected chi connectivity index (χ3v) is 5.87. The van der Waals surface area contributed by atoms with Crippen LogP contribution < -0.4 is 10.6 Å². The summed E-state index contributed by atoms with van der Waals surface area (Å²) in [6, 6.07) is 10.8. The van der Waals surface area contributed by atoms with E-state index in [0.717, 1.165) is 40.9 Å². The summed E-state index contributed by atoms with van der Waals surface area (Å²) in [7, 11) is 1.56. The molecule has 0 spiro atoms. The van der Waals surface area contributed by atoms with Gasteiger partial charge < -0.3 is 10.6 Å². The quantitative estimate of drug-likeness (QED) is 0.444. The van der Waals surface area contributed by atoms with Crippen molar-refractivity contribution < 1.29 is 9.59 Å². The zero-order valence-corrected chi connectivity index (χ0v) is 19.3. The minimum atomic E-state index is -0.268. The molecule has 4 aromatic rings. The van der Waals surface area contributed by atoms with Crippen LogP contribution >= 0.6 is 0 Å². The lowest BCUT2D eigenvalue weighted by molar-refractivity contribution is 0.0957. The van der Waals surface area contributed by atoms with Gasteiger partial charge in [-0.3, -0.25) is 24.5 Å². The molecule has 1 aliphatic carbocycles. The summed E-state index contributed by atoms with van der Waals surface area (Å²) in [5, 5.41) is 13.9. The van der Waals surface area contributed by atoms with Crippen LogP contribution in [0.4, 0.5) is 5.69 Å². The van der Waals surface area contributed by atoms with Crippen molar-refractivity contribution in [3.63, 3.8) is 0 Å². The van der Waals surface area contributed by atoms with Gasteiger partial charge in [0.05, 0.1) is 23.8 Å². The van der Waals surface area contributed by atoms with Crippen LogP contribution in [0.1, 0.15) is 51.0 Å². The van der Waals surface area contributed by atoms with Crippen LogP contribution in [0, 0.1) is 6.92 Å². The Hall–Kier alpha value is -4.53. The normalized spacial score (nSPS) is 12.7. The number of carbonyl (C=O) groups is 2. The summed E-state index contributed by atoms with van der Waals surface area (Å²) >= 11 is 0. The first-order valence-corrected chi connectivity index (χ1v) is 11.3. The lowest BCUT2D eigenvalue weighted by Gasteiger charge is -2.11. The first-order valence-electron chi connectivity index (χ1n) is 11.3. The molecule has 0 unspecified atom stereocenters. The minimum absolute atomic E-state index is 0.218. The Labute approximate surface area is 202 Å². The first-order chi connectivity index (χ1) is 17.0. The molecule has 0 aliphatic heterocycles. The van der Waals surface area contributed by atoms with Crippen LogP contribution in [0.25, 0.3) is 22.4 Å². The maximum Gasteiger partial charge on any atom is 0.269 e. The summed E-state index contributed by atoms with van der Waals surface area (Å²) in [5.41, 5.74) is 6.04. The highest BCUT2D eigenvalue weighted by molar-refractivity contribution is 6.04. The van der Waals surface area contributed by atoms with Gasteiger partial charge in [-0.1, -0.05) is 0 Å². The molecule has 9 nitrogen and oxygen atoms in total. The molecule has 0 saturated heterocycles. The number of amides is 2. The molecular formula is C26H23N7O2. The van der Waals surface area contributed by atoms with Crippen molar-refractivity contribution in [3.8, 4) is 22.4 Å². The summed E-state index contributed by atoms with van der Waals surface area (Å²) in [6.07, 6.45) is 8.75. The SMILES string of the molecule is CNC(=O)c1cc(-c2cnnc(-c3cc(NC(=O)c4ccnc(C5CC5)c4)cnc3C)c2)ccn1. The van der Waals surface area contributed by atoms with E-state index in [-0.39, 0.29) is 11.8 Å². The third kappa shape index (κ3) is 4.89. The molecule has 4 aromatic heterocycles. The van der Waals surface area contributed by atoms with E-state index in [2.05, 4.69) is 35.8 Å². The Morgan fingerprint density at radius 2 is 1.74 bits per heavy atom. The fourth-order valence-electron chi connectivity index (χ4n) is 3.77. The second kappa shape index (κ2) is 9.38. The van der Waals surface area contributed by atoms with Gasteiger partial charge in [-0.05, 0) is 61.7 Å². The number of nitrogens with zero attached hydrogens (tertiary/aromatic N) is 5. The summed E-state index contributed by atoms with van der Waals surface area (Å²) < 4.78 is 0. The zero-order valence-electron chi connectivity index (χ0n) is 19.3. The molecule has 4 heterocycles. The highest BCUT2D eigenvalue weighted by atomic mass is 16.2. The zero-order chi connectivity index (χ0) is 24.4. The van der Waals surface area contributed by atoms with Crippen LogP contribution in [0.5, 0.6) is 0 Å². The van der Waals surface area contributed by atoms with E-state index in [0.29, 0.717) is 28.6 Å². The lowest BCUT2D eigenvalue weighted by atomic mass is 10.0. The number of carbonyl (C=O) groups excluding carboxylic acids is 2. The van der Waals surface area contributed by atoms with Gasteiger partial charge in [-0.15, -0.1) is 0 Å². The highest BCUT2D eigenvalue weighted by Gasteiger charge is 2.25. The van der Waals surface area contributed by atoms with Crippen LogP contribution in [0.3, 0.4) is 0 Å². The highest BCUT2D eigenvalue weighted by Crippen LogP contribution is 2.39. The first kappa shape index (κ1) is 22.3. The van der Waals surface area contributed by atoms with Crippen molar-refractivity contribution in [2.24, 2.45) is 0 Å². The topological polar surface area (TPSA) is 123 Å². The van der Waals surface area contributed by atoms with Gasteiger partial charge in [0.2, 0.25) is 0 Å². The molecule has 1 saturated carbocycles. The number of rotatable bonds is 6. The number of aromatic nitrogens is 5. The number of aryl methyl sites for hydroxylation is 1. The fourth-order valence-corrected chi connectivity index (χ4v) is 3.77. The lowest BCUT2D eigenvalue weighted by Crippen LogP contribution is -2.19. The molecule has 0 atom stereocenters. The van der Waals surface area contributed by atoms with Crippen LogP contribution in [0.2, 0.25) is 0 Å². The summed E-state index contributed by atoms with van der Waals surface area (Å²) in [6.45, 7) is 1.87. The van der Waals surface area contributed by atoms with E-state index in [9.17, 15) is 9.59 Å². The largest absolute Gasteiger partial charge is 0.354 e. The number of hydrogen-bond donors (Lipinski definition) is 2. The minimum Gasteiger partial charge on any atom is -0.354 e. The molecule has 2 N–H and O–H groups in total. The number of hydrogen-bond acceptors (Lipinski definition) is 7. The van der Waals surface area contributed by atoms with Gasteiger partial charge in [-0.25, -0.2) is 0 Å². The molecule has 9 heteroatoms. The summed E-state index contributed by atoms with van der Waals surface area (Å²) in [5.74, 6) is -0.0191. The second-order valence-corrected chi connectivity index (χ2v) is 8.39. The predicted molar refractivity (Wildman–Crippen MR) is 131 cm³/mol. The molecular weight excluding hydrogens is 442 g/mol. The van der Waals surface area contributed by atoms with Crippen molar-refractivity contribution in [3.05, 3.63) is 83.8 Å². The Kier molecular flexibility index (Phi) is 5.97. The van der Waals surface area contributed by atoms with Crippen molar-refractivity contribution in [1.82, 2.24) is 30.5 Å². The summed E-state index contributed by atoms with van der Waals surface area (Å²) in [4.78, 5) is 37.8. The standard InChI is InChI=1S/C26H23N7O2/c1-15-21(23-11-19(13-31-33-23)17-5-7-29-24(9-17)26(35)27-2)12-20(14-30-15)32-25(34)18-6-8-28-22(10-18)16-3-4-16/h5-14,16H,3-4H2,1-2H3,(H,27,35)(H,32,34). The number of nitrogens with one attached hydrogen (secondary N) is 2. The monoisotopic (exact) mass is 465 g/mol. The smallest absolute Gasteiger partial charge is 0.269 e. The van der Waals surface area contributed by atoms with Crippen molar-refractivity contribution in [2.45, 2.75) is 25.7 Å². The second-order valence-electron chi connectivity index (χ2n) is 8.39. The molecule has 5 rings (SSSR count).